The number of halogens is 3. The average Bonchev–Trinajstić information content (AvgIpc) is 2.89. The van der Waals surface area contributed by atoms with Crippen molar-refractivity contribution in [3.63, 3.8) is 0 Å². The quantitative estimate of drug-likeness (QED) is 0.809. The number of carbonyl (C=O) groups is 1. The van der Waals surface area contributed by atoms with E-state index in [0.717, 1.165) is 43.7 Å². The molecule has 160 valence electrons. The maximum absolute atomic E-state index is 10.6. The smallest absolute Gasteiger partial charge is 0.475 e. The molecule has 0 unspecified atom stereocenters. The van der Waals surface area contributed by atoms with E-state index < -0.39 is 12.1 Å². The van der Waals surface area contributed by atoms with Crippen molar-refractivity contribution in [2.75, 3.05) is 18.5 Å². The fraction of sp³-hybridized carbons (Fsp3) is 0.588. The minimum Gasteiger partial charge on any atom is -0.475 e. The summed E-state index contributed by atoms with van der Waals surface area (Å²) in [5.74, 6) is 0.0476. The molecule has 9 nitrogen and oxygen atoms in total. The van der Waals surface area contributed by atoms with Gasteiger partial charge in [0.2, 0.25) is 5.95 Å². The predicted octanol–water partition coefficient (Wildman–Crippen LogP) is 1.95. The van der Waals surface area contributed by atoms with Gasteiger partial charge in [-0.15, -0.1) is 10.2 Å². The maximum Gasteiger partial charge on any atom is 0.490 e. The van der Waals surface area contributed by atoms with E-state index in [0.29, 0.717) is 12.6 Å². The molecule has 0 atom stereocenters. The first-order valence-corrected chi connectivity index (χ1v) is 9.03. The number of hydrogen-bond donors (Lipinski definition) is 1. The van der Waals surface area contributed by atoms with E-state index in [9.17, 15) is 13.2 Å². The van der Waals surface area contributed by atoms with Gasteiger partial charge in [0.25, 0.3) is 0 Å². The summed E-state index contributed by atoms with van der Waals surface area (Å²) in [6.07, 6.45) is -0.482. The average molecular weight is 415 g/mol. The highest BCUT2D eigenvalue weighted by Crippen LogP contribution is 2.17. The van der Waals surface area contributed by atoms with Gasteiger partial charge in [0, 0.05) is 31.5 Å². The van der Waals surface area contributed by atoms with Gasteiger partial charge < -0.3 is 14.6 Å². The molecular weight excluding hydrogens is 391 g/mol. The third-order valence-corrected chi connectivity index (χ3v) is 4.40. The third-order valence-electron chi connectivity index (χ3n) is 4.40. The zero-order valence-corrected chi connectivity index (χ0v) is 16.5. The number of rotatable bonds is 4. The van der Waals surface area contributed by atoms with E-state index in [4.69, 9.17) is 9.90 Å². The Morgan fingerprint density at radius 2 is 1.86 bits per heavy atom. The molecule has 3 rings (SSSR count). The van der Waals surface area contributed by atoms with E-state index >= 15 is 0 Å². The van der Waals surface area contributed by atoms with E-state index in [1.807, 2.05) is 6.07 Å². The van der Waals surface area contributed by atoms with E-state index in [1.165, 1.54) is 0 Å². The number of nitrogens with zero attached hydrogens (tertiary/aromatic N) is 7. The summed E-state index contributed by atoms with van der Waals surface area (Å²) in [6.45, 7) is 7.80. The summed E-state index contributed by atoms with van der Waals surface area (Å²) < 4.78 is 34.0. The number of aromatic nitrogens is 5. The molecule has 3 heterocycles. The van der Waals surface area contributed by atoms with Crippen LogP contribution in [0.15, 0.2) is 18.5 Å². The molecule has 2 aromatic heterocycles. The number of carboxylic acids is 1. The van der Waals surface area contributed by atoms with Crippen molar-refractivity contribution in [2.45, 2.75) is 52.1 Å². The number of carboxylic acid groups (broad SMARTS) is 1. The van der Waals surface area contributed by atoms with Crippen LogP contribution >= 0.6 is 0 Å². The monoisotopic (exact) mass is 415 g/mol. The molecule has 1 N–H and O–H groups in total. The second-order valence-electron chi connectivity index (χ2n) is 6.82. The maximum atomic E-state index is 10.6. The first kappa shape index (κ1) is 22.5. The van der Waals surface area contributed by atoms with Crippen molar-refractivity contribution in [1.29, 1.82) is 0 Å². The lowest BCUT2D eigenvalue weighted by molar-refractivity contribution is -0.192. The minimum absolute atomic E-state index is 0.493. The van der Waals surface area contributed by atoms with Crippen LogP contribution < -0.4 is 4.90 Å². The summed E-state index contributed by atoms with van der Waals surface area (Å²) in [4.78, 5) is 22.0. The third kappa shape index (κ3) is 6.38. The Kier molecular flexibility index (Phi) is 7.48. The molecule has 0 aliphatic carbocycles. The summed E-state index contributed by atoms with van der Waals surface area (Å²) in [7, 11) is 2.12. The molecule has 0 fully saturated rings. The zero-order chi connectivity index (χ0) is 21.6. The Bertz CT molecular complexity index is 796. The second-order valence-corrected chi connectivity index (χ2v) is 6.82. The van der Waals surface area contributed by atoms with Crippen LogP contribution in [-0.4, -0.2) is 66.5 Å². The molecule has 1 aliphatic rings. The Hall–Kier alpha value is -2.76. The van der Waals surface area contributed by atoms with Gasteiger partial charge in [-0.05, 0) is 33.4 Å². The van der Waals surface area contributed by atoms with Gasteiger partial charge in [0.15, 0.2) is 5.82 Å². The van der Waals surface area contributed by atoms with Crippen molar-refractivity contribution in [1.82, 2.24) is 29.6 Å². The van der Waals surface area contributed by atoms with Crippen LogP contribution in [0.2, 0.25) is 0 Å². The van der Waals surface area contributed by atoms with E-state index in [2.05, 4.69) is 55.4 Å². The van der Waals surface area contributed by atoms with Crippen LogP contribution in [0, 0.1) is 0 Å². The SMILES string of the molecule is CC(C)N(C)Cc1nnc2n1CCCN(c1ncccn1)C2.O=C(O)C(F)(F)F. The Morgan fingerprint density at radius 3 is 2.41 bits per heavy atom. The molecule has 0 saturated heterocycles. The number of aliphatic carboxylic acids is 1. The molecule has 12 heteroatoms. The zero-order valence-electron chi connectivity index (χ0n) is 16.5. The standard InChI is InChI=1S/C15H23N7.C2HF3O2/c1-12(2)20(3)10-13-18-19-14-11-21(8-5-9-22(13)14)15-16-6-4-7-17-15;3-2(4,5)1(6)7/h4,6-7,12H,5,8-11H2,1-3H3;(H,6,7). The largest absolute Gasteiger partial charge is 0.490 e. The van der Waals surface area contributed by atoms with Crippen LogP contribution in [-0.2, 0) is 24.4 Å². The molecule has 0 saturated carbocycles. The molecule has 0 spiro atoms. The van der Waals surface area contributed by atoms with Gasteiger partial charge in [-0.1, -0.05) is 0 Å². The lowest BCUT2D eigenvalue weighted by Crippen LogP contribution is -2.27. The number of anilines is 1. The van der Waals surface area contributed by atoms with Crippen molar-refractivity contribution < 1.29 is 23.1 Å². The lowest BCUT2D eigenvalue weighted by Gasteiger charge is -2.20. The highest BCUT2D eigenvalue weighted by molar-refractivity contribution is 5.73. The summed E-state index contributed by atoms with van der Waals surface area (Å²) >= 11 is 0. The number of hydrogen-bond acceptors (Lipinski definition) is 7. The van der Waals surface area contributed by atoms with E-state index in [-0.39, 0.29) is 0 Å². The molecule has 2 aromatic rings. The summed E-state index contributed by atoms with van der Waals surface area (Å²) in [5, 5.41) is 15.9. The van der Waals surface area contributed by atoms with E-state index in [1.54, 1.807) is 12.4 Å². The van der Waals surface area contributed by atoms with Crippen molar-refractivity contribution in [3.8, 4) is 0 Å². The normalized spacial score (nSPS) is 14.3. The van der Waals surface area contributed by atoms with Gasteiger partial charge in [0.05, 0.1) is 13.1 Å². The molecule has 29 heavy (non-hydrogen) atoms. The van der Waals surface area contributed by atoms with Gasteiger partial charge in [0.1, 0.15) is 5.82 Å². The van der Waals surface area contributed by atoms with Crippen molar-refractivity contribution >= 4 is 11.9 Å². The van der Waals surface area contributed by atoms with Crippen LogP contribution in [0.1, 0.15) is 31.9 Å². The molecule has 1 aliphatic heterocycles. The van der Waals surface area contributed by atoms with Gasteiger partial charge >= 0.3 is 12.1 Å². The summed E-state index contributed by atoms with van der Waals surface area (Å²) in [6, 6.07) is 2.33. The van der Waals surface area contributed by atoms with Crippen LogP contribution in [0.25, 0.3) is 0 Å². The first-order valence-electron chi connectivity index (χ1n) is 9.03. The van der Waals surface area contributed by atoms with Crippen LogP contribution in [0.3, 0.4) is 0 Å². The van der Waals surface area contributed by atoms with Gasteiger partial charge in [-0.2, -0.15) is 13.2 Å². The fourth-order valence-electron chi connectivity index (χ4n) is 2.56. The highest BCUT2D eigenvalue weighted by Gasteiger charge is 2.38. The van der Waals surface area contributed by atoms with Gasteiger partial charge in [-0.3, -0.25) is 4.90 Å². The predicted molar refractivity (Wildman–Crippen MR) is 98.0 cm³/mol. The Labute approximate surface area is 166 Å². The Balaban J connectivity index is 0.000000370. The molecular formula is C17H24F3N7O2. The lowest BCUT2D eigenvalue weighted by atomic mass is 10.3. The van der Waals surface area contributed by atoms with Crippen molar-refractivity contribution in [2.24, 2.45) is 0 Å². The van der Waals surface area contributed by atoms with Crippen molar-refractivity contribution in [3.05, 3.63) is 30.1 Å². The first-order chi connectivity index (χ1) is 13.6. The fourth-order valence-corrected chi connectivity index (χ4v) is 2.56. The second kappa shape index (κ2) is 9.63. The Morgan fingerprint density at radius 1 is 1.24 bits per heavy atom. The number of fused-ring (bicyclic) bond motifs is 1. The molecule has 0 amide bonds. The topological polar surface area (TPSA) is 100 Å². The minimum atomic E-state index is -5.08. The molecule has 0 aromatic carbocycles. The van der Waals surface area contributed by atoms with Gasteiger partial charge in [-0.25, -0.2) is 14.8 Å². The highest BCUT2D eigenvalue weighted by atomic mass is 19.4. The van der Waals surface area contributed by atoms with Crippen LogP contribution in [0.4, 0.5) is 19.1 Å². The van der Waals surface area contributed by atoms with Crippen LogP contribution in [0.5, 0.6) is 0 Å². The molecule has 0 radical (unpaired) electrons. The summed E-state index contributed by atoms with van der Waals surface area (Å²) in [5.41, 5.74) is 0. The molecule has 0 bridgehead atoms. The number of alkyl halides is 3.